The maximum Gasteiger partial charge on any atom is 0.174 e. The first kappa shape index (κ1) is 11.4. The van der Waals surface area contributed by atoms with Gasteiger partial charge in [-0.3, -0.25) is 0 Å². The van der Waals surface area contributed by atoms with Gasteiger partial charge in [-0.05, 0) is 24.1 Å². The van der Waals surface area contributed by atoms with E-state index in [-0.39, 0.29) is 4.90 Å². The summed E-state index contributed by atoms with van der Waals surface area (Å²) in [6.07, 6.45) is 0.848. The molecule has 0 saturated heterocycles. The minimum Gasteiger partial charge on any atom is -0.495 e. The first-order chi connectivity index (χ1) is 6.49. The van der Waals surface area contributed by atoms with Crippen LogP contribution in [0.15, 0.2) is 23.1 Å². The van der Waals surface area contributed by atoms with Crippen LogP contribution < -0.4 is 4.74 Å². The van der Waals surface area contributed by atoms with Crippen molar-refractivity contribution in [1.82, 2.24) is 0 Å². The van der Waals surface area contributed by atoms with Crippen molar-refractivity contribution in [2.75, 3.05) is 7.11 Å². The largest absolute Gasteiger partial charge is 0.495 e. The fourth-order valence-electron chi connectivity index (χ4n) is 1.15. The maximum absolute atomic E-state index is 11.3. The zero-order chi connectivity index (χ0) is 10.8. The van der Waals surface area contributed by atoms with Crippen LogP contribution in [-0.2, 0) is 26.4 Å². The summed E-state index contributed by atoms with van der Waals surface area (Å²) in [5.74, 6) is 0.381. The molecule has 0 amide bonds. The van der Waals surface area contributed by atoms with Gasteiger partial charge in [-0.2, -0.15) is 0 Å². The lowest BCUT2D eigenvalue weighted by molar-refractivity contribution is 0.401. The Morgan fingerprint density at radius 3 is 2.64 bits per heavy atom. The minimum atomic E-state index is -3.36. The van der Waals surface area contributed by atoms with Gasteiger partial charge in [0.15, 0.2) is 8.77 Å². The van der Waals surface area contributed by atoms with Crippen molar-refractivity contribution >= 4 is 20.0 Å². The Hall–Kier alpha value is -0.650. The number of rotatable bonds is 3. The topological polar surface area (TPSA) is 46.5 Å². The summed E-state index contributed by atoms with van der Waals surface area (Å²) in [6.45, 7) is 2.00. The summed E-state index contributed by atoms with van der Waals surface area (Å²) in [6, 6.07) is 5.06. The summed E-state index contributed by atoms with van der Waals surface area (Å²) >= 11 is 4.49. The van der Waals surface area contributed by atoms with Crippen molar-refractivity contribution < 1.29 is 13.5 Å². The van der Waals surface area contributed by atoms with Gasteiger partial charge >= 0.3 is 0 Å². The number of hydrogen-bond donors (Lipinski definition) is 1. The number of methoxy groups -OCH3 is 1. The second-order valence-electron chi connectivity index (χ2n) is 2.81. The third kappa shape index (κ3) is 2.43. The van der Waals surface area contributed by atoms with Crippen LogP contribution in [-0.4, -0.2) is 15.9 Å². The van der Waals surface area contributed by atoms with Gasteiger partial charge in [0, 0.05) is 11.2 Å². The Kier molecular flexibility index (Phi) is 3.47. The van der Waals surface area contributed by atoms with Gasteiger partial charge < -0.3 is 9.29 Å². The van der Waals surface area contributed by atoms with Crippen LogP contribution in [0.4, 0.5) is 0 Å². The summed E-state index contributed by atoms with van der Waals surface area (Å²) in [5, 5.41) is 0. The monoisotopic (exact) mass is 232 g/mol. The fraction of sp³-hybridized carbons (Fsp3) is 0.333. The molecule has 1 rings (SSSR count). The van der Waals surface area contributed by atoms with Crippen LogP contribution in [0, 0.1) is 0 Å². The normalized spacial score (nSPS) is 14.8. The van der Waals surface area contributed by atoms with Crippen molar-refractivity contribution in [2.45, 2.75) is 18.2 Å². The van der Waals surface area contributed by atoms with Crippen LogP contribution in [0.5, 0.6) is 5.75 Å². The summed E-state index contributed by atoms with van der Waals surface area (Å²) in [5.41, 5.74) is 1.05. The number of benzene rings is 1. The zero-order valence-electron chi connectivity index (χ0n) is 8.02. The van der Waals surface area contributed by atoms with E-state index in [9.17, 15) is 8.76 Å². The molecule has 1 unspecified atom stereocenters. The van der Waals surface area contributed by atoms with Crippen LogP contribution in [0.1, 0.15) is 12.5 Å². The molecule has 3 nitrogen and oxygen atoms in total. The van der Waals surface area contributed by atoms with Crippen LogP contribution in [0.3, 0.4) is 0 Å². The lowest BCUT2D eigenvalue weighted by Crippen LogP contribution is -2.00. The molecule has 78 valence electrons. The van der Waals surface area contributed by atoms with Gasteiger partial charge in [-0.25, -0.2) is 4.21 Å². The molecule has 0 saturated carbocycles. The van der Waals surface area contributed by atoms with E-state index in [4.69, 9.17) is 4.74 Å². The smallest absolute Gasteiger partial charge is 0.174 e. The van der Waals surface area contributed by atoms with Crippen LogP contribution >= 0.6 is 0 Å². The molecule has 1 N–H and O–H groups in total. The molecule has 1 aromatic carbocycles. The molecule has 1 atom stereocenters. The van der Waals surface area contributed by atoms with E-state index >= 15 is 0 Å². The number of aryl methyl sites for hydroxylation is 1. The second-order valence-corrected chi connectivity index (χ2v) is 5.56. The summed E-state index contributed by atoms with van der Waals surface area (Å²) in [7, 11) is -1.91. The summed E-state index contributed by atoms with van der Waals surface area (Å²) < 4.78 is 25.5. The van der Waals surface area contributed by atoms with Gasteiger partial charge in [0.05, 0.1) is 7.11 Å². The quantitative estimate of drug-likeness (QED) is 0.863. The molecule has 14 heavy (non-hydrogen) atoms. The summed E-state index contributed by atoms with van der Waals surface area (Å²) in [4.78, 5) is 0.173. The average molecular weight is 232 g/mol. The van der Waals surface area contributed by atoms with E-state index in [1.165, 1.54) is 7.11 Å². The van der Waals surface area contributed by atoms with Crippen molar-refractivity contribution in [2.24, 2.45) is 0 Å². The Bertz CT molecular complexity index is 424. The third-order valence-electron chi connectivity index (χ3n) is 1.91. The van der Waals surface area contributed by atoms with Gasteiger partial charge in [-0.15, -0.1) is 0 Å². The highest BCUT2D eigenvalue weighted by molar-refractivity contribution is 8.29. The molecule has 0 spiro atoms. The Balaban J connectivity index is 3.33. The first-order valence-corrected chi connectivity index (χ1v) is 6.57. The van der Waals surface area contributed by atoms with E-state index in [1.54, 1.807) is 18.2 Å². The maximum atomic E-state index is 11.3. The predicted octanol–water partition coefficient (Wildman–Crippen LogP) is 1.84. The average Bonchev–Trinajstić information content (AvgIpc) is 2.15. The van der Waals surface area contributed by atoms with Gasteiger partial charge in [0.2, 0.25) is 0 Å². The zero-order valence-corrected chi connectivity index (χ0v) is 9.65. The lowest BCUT2D eigenvalue weighted by Gasteiger charge is -2.08. The standard InChI is InChI=1S/C9H12O3S2/c1-3-7-4-5-9(14(10,11)13)8(6-7)12-2/h4-6H,3H2,1-2H3,(H,10,11,13). The molecule has 0 bridgehead atoms. The van der Waals surface area contributed by atoms with Crippen molar-refractivity contribution in [1.29, 1.82) is 0 Å². The molecule has 0 heterocycles. The molecule has 5 heteroatoms. The van der Waals surface area contributed by atoms with E-state index in [1.807, 2.05) is 6.92 Å². The molecule has 0 radical (unpaired) electrons. The molecule has 0 aromatic heterocycles. The van der Waals surface area contributed by atoms with Crippen molar-refractivity contribution in [3.05, 3.63) is 23.8 Å². The Morgan fingerprint density at radius 1 is 1.57 bits per heavy atom. The Morgan fingerprint density at radius 2 is 2.21 bits per heavy atom. The highest BCUT2D eigenvalue weighted by Crippen LogP contribution is 2.24. The van der Waals surface area contributed by atoms with E-state index in [0.29, 0.717) is 5.75 Å². The van der Waals surface area contributed by atoms with Gasteiger partial charge in [-0.1, -0.05) is 13.0 Å². The number of ether oxygens (including phenoxy) is 1. The van der Waals surface area contributed by atoms with Crippen LogP contribution in [0.25, 0.3) is 0 Å². The third-order valence-corrected chi connectivity index (χ3v) is 3.35. The Labute approximate surface area is 88.6 Å². The first-order valence-electron chi connectivity index (χ1n) is 4.13. The highest BCUT2D eigenvalue weighted by atomic mass is 32.8. The van der Waals surface area contributed by atoms with Crippen molar-refractivity contribution in [3.8, 4) is 5.75 Å². The fourth-order valence-corrected chi connectivity index (χ4v) is 2.19. The molecular formula is C9H12O3S2. The number of hydrogen-bond acceptors (Lipinski definition) is 3. The molecule has 0 aliphatic carbocycles. The molecular weight excluding hydrogens is 220 g/mol. The minimum absolute atomic E-state index is 0.173. The SMILES string of the molecule is CCc1ccc(S(=O)(O)=S)c(OC)c1. The molecule has 1 aromatic rings. The molecule has 0 aliphatic heterocycles. The van der Waals surface area contributed by atoms with Gasteiger partial charge in [0.25, 0.3) is 0 Å². The van der Waals surface area contributed by atoms with Gasteiger partial charge in [0.1, 0.15) is 10.6 Å². The second kappa shape index (κ2) is 4.25. The predicted molar refractivity (Wildman–Crippen MR) is 58.8 cm³/mol. The lowest BCUT2D eigenvalue weighted by atomic mass is 10.2. The molecule has 0 aliphatic rings. The molecule has 0 fully saturated rings. The van der Waals surface area contributed by atoms with E-state index in [0.717, 1.165) is 12.0 Å². The van der Waals surface area contributed by atoms with Crippen LogP contribution in [0.2, 0.25) is 0 Å². The van der Waals surface area contributed by atoms with E-state index in [2.05, 4.69) is 11.2 Å². The van der Waals surface area contributed by atoms with Crippen molar-refractivity contribution in [3.63, 3.8) is 0 Å². The highest BCUT2D eigenvalue weighted by Gasteiger charge is 2.12. The van der Waals surface area contributed by atoms with E-state index < -0.39 is 8.77 Å².